The topological polar surface area (TPSA) is 0 Å². The molecule has 5 heavy (non-hydrogen) atoms. The van der Waals surface area contributed by atoms with Gasteiger partial charge in [-0.1, -0.05) is 0 Å². The van der Waals surface area contributed by atoms with Crippen LogP contribution in [-0.2, 0) is 17.4 Å². The largest absolute Gasteiger partial charge is 3.00 e. The summed E-state index contributed by atoms with van der Waals surface area (Å²) < 4.78 is 0. The zero-order valence-electron chi connectivity index (χ0n) is 2.01. The molecule has 0 aliphatic rings. The molecule has 0 rings (SSSR count). The fraction of sp³-hybridized carbons (Fsp3) is 0. The van der Waals surface area contributed by atoms with Gasteiger partial charge in [-0.2, -0.15) is 0 Å². The summed E-state index contributed by atoms with van der Waals surface area (Å²) >= 11 is 0. The van der Waals surface area contributed by atoms with E-state index in [9.17, 15) is 0 Å². The molecule has 0 bridgehead atoms. The van der Waals surface area contributed by atoms with Crippen molar-refractivity contribution < 1.29 is 66.7 Å². The van der Waals surface area contributed by atoms with Crippen LogP contribution in [0.1, 0.15) is 0 Å². The van der Waals surface area contributed by atoms with Crippen LogP contribution < -0.4 is 0 Å². The third-order valence-electron chi connectivity index (χ3n) is 0. The second kappa shape index (κ2) is 25.3. The molecule has 0 saturated carbocycles. The molecule has 0 aliphatic carbocycles. The molecule has 0 aromatic rings. The van der Waals surface area contributed by atoms with Gasteiger partial charge in [-0.3, -0.25) is 0 Å². The first kappa shape index (κ1) is 37.8. The first-order chi connectivity index (χ1) is 0. The first-order valence-corrected chi connectivity index (χ1v) is 0. The molecular weight excluding hydrogens is 441 g/mol. The summed E-state index contributed by atoms with van der Waals surface area (Å²) in [6.07, 6.45) is 0. The maximum Gasteiger partial charge on any atom is 3.00 e. The fourth-order valence-electron chi connectivity index (χ4n) is 0. The Morgan fingerprint density at radius 3 is 0.600 bits per heavy atom. The molecule has 0 fully saturated rings. The van der Waals surface area contributed by atoms with Gasteiger partial charge in [0, 0.05) is 0 Å². The molecule has 0 aliphatic heterocycles. The Bertz CT molecular complexity index is 6.85. The van der Waals surface area contributed by atoms with Crippen LogP contribution in [0.2, 0.25) is 0 Å². The fourth-order valence-corrected chi connectivity index (χ4v) is 0. The van der Waals surface area contributed by atoms with Crippen molar-refractivity contribution in [2.45, 2.75) is 0 Å². The summed E-state index contributed by atoms with van der Waals surface area (Å²) in [6, 6.07) is 0. The van der Waals surface area contributed by atoms with E-state index >= 15 is 0 Å². The molecule has 0 saturated heterocycles. The molecule has 0 aromatic carbocycles. The Hall–Kier alpha value is 3.68. The van der Waals surface area contributed by atoms with E-state index in [1.807, 2.05) is 0 Å². The van der Waals surface area contributed by atoms with Crippen LogP contribution in [0.5, 0.6) is 0 Å². The van der Waals surface area contributed by atoms with Gasteiger partial charge >= 0.3 is 66.7 Å². The van der Waals surface area contributed by atoms with Gasteiger partial charge in [-0.25, -0.2) is 0 Å². The van der Waals surface area contributed by atoms with Crippen LogP contribution in [-0.4, -0.2) is 51.2 Å². The van der Waals surface area contributed by atoms with E-state index in [1.165, 1.54) is 0 Å². The molecule has 5 heteroatoms. The predicted octanol–water partition coefficient (Wildman–Crippen LogP) is -1.14. The number of hydrogen-bond acceptors (Lipinski definition) is 0. The summed E-state index contributed by atoms with van der Waals surface area (Å²) in [6.45, 7) is 0. The zero-order valence-corrected chi connectivity index (χ0v) is 10.9. The maximum absolute atomic E-state index is 0. The summed E-state index contributed by atoms with van der Waals surface area (Å²) in [5.41, 5.74) is 0. The first-order valence-electron chi connectivity index (χ1n) is 0. The Kier molecular flexibility index (Phi) is 192. The molecule has 0 unspecified atom stereocenters. The third-order valence-corrected chi connectivity index (χ3v) is 0. The van der Waals surface area contributed by atoms with Gasteiger partial charge < -0.3 is 51.2 Å². The van der Waals surface area contributed by atoms with E-state index in [4.69, 9.17) is 0 Å². The number of hydrogen-bond donors (Lipinski definition) is 0. The van der Waals surface area contributed by atoms with Crippen molar-refractivity contribution in [3.63, 3.8) is 0 Å². The minimum Gasteiger partial charge on any atom is -2.00 e. The average Bonchev–Trinajstić information content (AvgIpc) is 0. The van der Waals surface area contributed by atoms with E-state index in [1.54, 1.807) is 0 Å². The van der Waals surface area contributed by atoms with Crippen molar-refractivity contribution in [3.8, 4) is 0 Å². The van der Waals surface area contributed by atoms with Crippen molar-refractivity contribution in [2.24, 2.45) is 0 Å². The molecule has 0 spiro atoms. The molecular formula is CrEuSe3. The Morgan fingerprint density at radius 2 is 0.600 bits per heavy atom. The predicted molar refractivity (Wildman–Crippen MR) is 17.3 cm³/mol. The van der Waals surface area contributed by atoms with Crippen LogP contribution >= 0.6 is 0 Å². The van der Waals surface area contributed by atoms with E-state index in [0.29, 0.717) is 0 Å². The second-order valence-electron chi connectivity index (χ2n) is 0. The molecule has 0 nitrogen and oxygen atoms in total. The van der Waals surface area contributed by atoms with E-state index in [0.717, 1.165) is 0 Å². The SMILES string of the molecule is [Cr+3].[Eu+3].[Se-2].[Se-2].[Se-2]. The summed E-state index contributed by atoms with van der Waals surface area (Å²) in [5, 5.41) is 0. The van der Waals surface area contributed by atoms with Gasteiger partial charge in [0.2, 0.25) is 0 Å². The van der Waals surface area contributed by atoms with Gasteiger partial charge in [0.1, 0.15) is 0 Å². The standard InChI is InChI=1S/Cr.Eu.3Se/q2*+3;3*-2. The monoisotopic (exact) mass is 445 g/mol. The van der Waals surface area contributed by atoms with Gasteiger partial charge in [0.05, 0.1) is 0 Å². The molecule has 0 N–H and O–H groups in total. The van der Waals surface area contributed by atoms with Gasteiger partial charge in [-0.15, -0.1) is 0 Å². The average molecular weight is 441 g/mol. The normalized spacial score (nSPS) is 0. The molecule has 0 atom stereocenters. The van der Waals surface area contributed by atoms with E-state index < -0.39 is 0 Å². The quantitative estimate of drug-likeness (QED) is 0.418. The van der Waals surface area contributed by atoms with Crippen molar-refractivity contribution in [1.29, 1.82) is 0 Å². The van der Waals surface area contributed by atoms with E-state index in [2.05, 4.69) is 0 Å². The van der Waals surface area contributed by atoms with Crippen molar-refractivity contribution in [3.05, 3.63) is 0 Å². The second-order valence-corrected chi connectivity index (χ2v) is 0. The van der Waals surface area contributed by atoms with Crippen molar-refractivity contribution in [1.82, 2.24) is 0 Å². The minimum absolute atomic E-state index is 0. The van der Waals surface area contributed by atoms with Crippen LogP contribution in [0.3, 0.4) is 0 Å². The van der Waals surface area contributed by atoms with Gasteiger partial charge in [0.15, 0.2) is 0 Å². The van der Waals surface area contributed by atoms with Gasteiger partial charge in [-0.05, 0) is 0 Å². The van der Waals surface area contributed by atoms with Crippen LogP contribution in [0.25, 0.3) is 0 Å². The summed E-state index contributed by atoms with van der Waals surface area (Å²) in [7, 11) is 0. The molecule has 0 amide bonds. The van der Waals surface area contributed by atoms with Crippen LogP contribution in [0.15, 0.2) is 0 Å². The van der Waals surface area contributed by atoms with Crippen molar-refractivity contribution in [2.75, 3.05) is 0 Å². The Morgan fingerprint density at radius 1 is 0.600 bits per heavy atom. The van der Waals surface area contributed by atoms with Crippen LogP contribution in [0.4, 0.5) is 0 Å². The molecule has 1 radical (unpaired) electrons. The van der Waals surface area contributed by atoms with Crippen molar-refractivity contribution >= 4 is 51.2 Å². The third kappa shape index (κ3) is 18.3. The Balaban J connectivity index is 0. The maximum atomic E-state index is 0. The minimum atomic E-state index is 0. The molecule has 31 valence electrons. The molecule has 0 heterocycles. The smallest absolute Gasteiger partial charge is 2.00 e. The van der Waals surface area contributed by atoms with E-state index in [-0.39, 0.29) is 118 Å². The van der Waals surface area contributed by atoms with Gasteiger partial charge in [0.25, 0.3) is 0 Å². The number of rotatable bonds is 0. The molecule has 0 aromatic heterocycles. The Labute approximate surface area is 115 Å². The summed E-state index contributed by atoms with van der Waals surface area (Å²) in [5.74, 6) is 0. The summed E-state index contributed by atoms with van der Waals surface area (Å²) in [4.78, 5) is 0. The zero-order chi connectivity index (χ0) is 0. The van der Waals surface area contributed by atoms with Crippen LogP contribution in [0, 0.1) is 49.4 Å².